The molecule has 0 aliphatic heterocycles. The van der Waals surface area contributed by atoms with Gasteiger partial charge in [-0.3, -0.25) is 0 Å². The molecule has 72 valence electrons. The summed E-state index contributed by atoms with van der Waals surface area (Å²) in [5, 5.41) is 23.7. The summed E-state index contributed by atoms with van der Waals surface area (Å²) >= 11 is 0. The second-order valence-electron chi connectivity index (χ2n) is 1.91. The van der Waals surface area contributed by atoms with Gasteiger partial charge >= 0.3 is 0 Å². The largest absolute Gasteiger partial charge is 0.323 e. The summed E-state index contributed by atoms with van der Waals surface area (Å²) in [5.74, 6) is 0. The first-order valence-electron chi connectivity index (χ1n) is 3.26. The van der Waals surface area contributed by atoms with E-state index in [0.717, 1.165) is 5.06 Å². The number of nitrogens with zero attached hydrogens (tertiary/aromatic N) is 4. The smallest absolute Gasteiger partial charge is 0.135 e. The van der Waals surface area contributed by atoms with Crippen molar-refractivity contribution in [1.82, 2.24) is 31.0 Å². The van der Waals surface area contributed by atoms with Crippen LogP contribution in [0.5, 0.6) is 0 Å². The van der Waals surface area contributed by atoms with E-state index in [4.69, 9.17) is 5.21 Å². The summed E-state index contributed by atoms with van der Waals surface area (Å²) in [7, 11) is 6.86. The molecule has 0 unspecified atom stereocenters. The van der Waals surface area contributed by atoms with Crippen LogP contribution in [0.15, 0.2) is 6.33 Å². The Kier molecular flexibility index (Phi) is 14.2. The predicted molar refractivity (Wildman–Crippen MR) is 44.6 cm³/mol. The molecule has 0 amide bonds. The van der Waals surface area contributed by atoms with E-state index in [-0.39, 0.29) is 0 Å². The second kappa shape index (κ2) is 12.6. The molecule has 0 aliphatic rings. The van der Waals surface area contributed by atoms with Gasteiger partial charge in [-0.1, -0.05) is 0 Å². The second-order valence-corrected chi connectivity index (χ2v) is 1.91. The van der Waals surface area contributed by atoms with E-state index in [1.807, 2.05) is 14.1 Å². The monoisotopic (exact) mass is 176 g/mol. The molecule has 7 nitrogen and oxygen atoms in total. The lowest BCUT2D eigenvalue weighted by Crippen LogP contribution is -2.01. The number of aromatic nitrogens is 4. The Morgan fingerprint density at radius 2 is 1.83 bits per heavy atom. The zero-order valence-corrected chi connectivity index (χ0v) is 7.81. The van der Waals surface area contributed by atoms with Crippen molar-refractivity contribution in [3.63, 3.8) is 0 Å². The van der Waals surface area contributed by atoms with Crippen LogP contribution in [0.4, 0.5) is 0 Å². The number of hydrogen-bond donors (Lipinski definition) is 3. The molecule has 1 aromatic rings. The number of rotatable bonds is 0. The Labute approximate surface area is 71.7 Å². The lowest BCUT2D eigenvalue weighted by molar-refractivity contribution is -0.0372. The molecule has 0 spiro atoms. The summed E-state index contributed by atoms with van der Waals surface area (Å²) in [4.78, 5) is 0. The molecule has 0 aromatic carbocycles. The summed E-state index contributed by atoms with van der Waals surface area (Å²) in [5.41, 5.74) is 0. The lowest BCUT2D eigenvalue weighted by atomic mass is 11.2. The van der Waals surface area contributed by atoms with Crippen LogP contribution in [0.1, 0.15) is 0 Å². The predicted octanol–water partition coefficient (Wildman–Crippen LogP) is -1.03. The molecule has 0 atom stereocenters. The van der Waals surface area contributed by atoms with Crippen molar-refractivity contribution in [1.29, 1.82) is 0 Å². The Morgan fingerprint density at radius 1 is 1.42 bits per heavy atom. The van der Waals surface area contributed by atoms with Crippen molar-refractivity contribution in [3.05, 3.63) is 6.33 Å². The van der Waals surface area contributed by atoms with Crippen molar-refractivity contribution < 1.29 is 5.21 Å². The molecule has 1 heterocycles. The molecular formula is C5H16N6O. The average molecular weight is 176 g/mol. The molecule has 12 heavy (non-hydrogen) atoms. The van der Waals surface area contributed by atoms with Crippen molar-refractivity contribution >= 4 is 0 Å². The zero-order chi connectivity index (χ0) is 9.82. The maximum Gasteiger partial charge on any atom is 0.135 e. The molecule has 0 radical (unpaired) electrons. The lowest BCUT2D eigenvalue weighted by Gasteiger charge is -1.89. The quantitative estimate of drug-likeness (QED) is 0.438. The number of aromatic amines is 1. The third-order valence-electron chi connectivity index (χ3n) is 0.270. The minimum Gasteiger partial charge on any atom is -0.323 e. The number of hydrogen-bond acceptors (Lipinski definition) is 6. The Bertz CT molecular complexity index is 111. The molecule has 0 aliphatic carbocycles. The Hall–Kier alpha value is -1.05. The van der Waals surface area contributed by atoms with E-state index in [0.29, 0.717) is 0 Å². The van der Waals surface area contributed by atoms with Crippen LogP contribution in [0, 0.1) is 0 Å². The van der Waals surface area contributed by atoms with E-state index in [2.05, 4.69) is 25.9 Å². The molecule has 0 saturated heterocycles. The summed E-state index contributed by atoms with van der Waals surface area (Å²) in [6.07, 6.45) is 1.40. The molecule has 0 bridgehead atoms. The maximum atomic E-state index is 7.89. The van der Waals surface area contributed by atoms with Crippen LogP contribution in [0.2, 0.25) is 0 Å². The number of tetrazole rings is 1. The van der Waals surface area contributed by atoms with Gasteiger partial charge in [-0.05, 0) is 24.5 Å². The van der Waals surface area contributed by atoms with Crippen LogP contribution in [0.3, 0.4) is 0 Å². The van der Waals surface area contributed by atoms with Gasteiger partial charge in [-0.25, -0.2) is 5.10 Å². The SMILES string of the molecule is CN(C)O.CNC.c1nnn[nH]1. The standard InChI is InChI=1S/C2H7NO.C2H7N.CH2N4/c1-3(2)4;1-3-2;1-2-4-5-3-1/h4H,1-2H3;3H,1-2H3;1H,(H,2,3,4,5). The van der Waals surface area contributed by atoms with Crippen molar-refractivity contribution in [3.8, 4) is 0 Å². The maximum absolute atomic E-state index is 7.89. The van der Waals surface area contributed by atoms with Gasteiger partial charge in [0.25, 0.3) is 0 Å². The van der Waals surface area contributed by atoms with E-state index < -0.39 is 0 Å². The molecular weight excluding hydrogens is 160 g/mol. The molecule has 1 aromatic heterocycles. The van der Waals surface area contributed by atoms with Crippen LogP contribution >= 0.6 is 0 Å². The van der Waals surface area contributed by atoms with E-state index in [9.17, 15) is 0 Å². The number of nitrogens with one attached hydrogen (secondary N) is 2. The van der Waals surface area contributed by atoms with Gasteiger partial charge in [-0.15, -0.1) is 5.10 Å². The third-order valence-corrected chi connectivity index (χ3v) is 0.270. The van der Waals surface area contributed by atoms with Gasteiger partial charge in [-0.2, -0.15) is 5.06 Å². The van der Waals surface area contributed by atoms with Gasteiger partial charge in [0.15, 0.2) is 0 Å². The number of H-pyrrole nitrogens is 1. The molecule has 7 heteroatoms. The van der Waals surface area contributed by atoms with Crippen molar-refractivity contribution in [2.24, 2.45) is 0 Å². The van der Waals surface area contributed by atoms with E-state index in [1.165, 1.54) is 6.33 Å². The fourth-order valence-corrected chi connectivity index (χ4v) is 0.129. The third kappa shape index (κ3) is 36.3. The zero-order valence-electron chi connectivity index (χ0n) is 7.81. The highest BCUT2D eigenvalue weighted by Crippen LogP contribution is 1.46. The van der Waals surface area contributed by atoms with Crippen molar-refractivity contribution in [2.75, 3.05) is 28.2 Å². The number of hydroxylamine groups is 2. The van der Waals surface area contributed by atoms with Gasteiger partial charge < -0.3 is 10.5 Å². The first-order chi connectivity index (χ1) is 5.65. The van der Waals surface area contributed by atoms with E-state index in [1.54, 1.807) is 14.1 Å². The van der Waals surface area contributed by atoms with E-state index >= 15 is 0 Å². The van der Waals surface area contributed by atoms with Gasteiger partial charge in [0, 0.05) is 14.1 Å². The van der Waals surface area contributed by atoms with Crippen LogP contribution in [-0.4, -0.2) is 59.1 Å². The highest BCUT2D eigenvalue weighted by molar-refractivity contribution is 4.24. The normalized spacial score (nSPS) is 7.83. The summed E-state index contributed by atoms with van der Waals surface area (Å²) in [6.45, 7) is 0. The average Bonchev–Trinajstić information content (AvgIpc) is 2.40. The van der Waals surface area contributed by atoms with Crippen molar-refractivity contribution in [2.45, 2.75) is 0 Å². The molecule has 3 N–H and O–H groups in total. The highest BCUT2D eigenvalue weighted by Gasteiger charge is 1.59. The summed E-state index contributed by atoms with van der Waals surface area (Å²) < 4.78 is 0. The molecule has 1 rings (SSSR count). The fourth-order valence-electron chi connectivity index (χ4n) is 0.129. The first-order valence-corrected chi connectivity index (χ1v) is 3.26. The van der Waals surface area contributed by atoms with Crippen LogP contribution < -0.4 is 5.32 Å². The minimum atomic E-state index is 1.00. The first kappa shape index (κ1) is 13.5. The van der Waals surface area contributed by atoms with Gasteiger partial charge in [0.05, 0.1) is 0 Å². The Balaban J connectivity index is 0. The topological polar surface area (TPSA) is 90.0 Å². The van der Waals surface area contributed by atoms with Crippen LogP contribution in [-0.2, 0) is 0 Å². The molecule has 0 saturated carbocycles. The fraction of sp³-hybridized carbons (Fsp3) is 0.800. The van der Waals surface area contributed by atoms with Gasteiger partial charge in [0.1, 0.15) is 6.33 Å². The van der Waals surface area contributed by atoms with Gasteiger partial charge in [0.2, 0.25) is 0 Å². The Morgan fingerprint density at radius 3 is 1.92 bits per heavy atom. The highest BCUT2D eigenvalue weighted by atomic mass is 16.5. The molecule has 0 fully saturated rings. The summed E-state index contributed by atoms with van der Waals surface area (Å²) in [6, 6.07) is 0. The van der Waals surface area contributed by atoms with Crippen LogP contribution in [0.25, 0.3) is 0 Å². The minimum absolute atomic E-state index is 1.00.